The number of hydrogen-bond donors (Lipinski definition) is 2. The fourth-order valence-corrected chi connectivity index (χ4v) is 2.57. The van der Waals surface area contributed by atoms with Gasteiger partial charge in [0.1, 0.15) is 0 Å². The molecule has 0 amide bonds. The Bertz CT molecular complexity index is 694. The van der Waals surface area contributed by atoms with Gasteiger partial charge in [-0.25, -0.2) is 8.42 Å². The van der Waals surface area contributed by atoms with E-state index < -0.39 is 10.0 Å². The van der Waals surface area contributed by atoms with Crippen LogP contribution in [-0.2, 0) is 16.6 Å². The summed E-state index contributed by atoms with van der Waals surface area (Å²) in [6, 6.07) is 15.6. The molecule has 0 aliphatic rings. The van der Waals surface area contributed by atoms with Gasteiger partial charge >= 0.3 is 0 Å². The van der Waals surface area contributed by atoms with Crippen LogP contribution in [0.4, 0.5) is 11.4 Å². The van der Waals surface area contributed by atoms with Crippen molar-refractivity contribution in [3.63, 3.8) is 0 Å². The maximum absolute atomic E-state index is 11.5. The van der Waals surface area contributed by atoms with Crippen LogP contribution in [0.15, 0.2) is 48.5 Å². The minimum absolute atomic E-state index is 0.0698. The van der Waals surface area contributed by atoms with Gasteiger partial charge in [0.25, 0.3) is 0 Å². The van der Waals surface area contributed by atoms with E-state index in [1.807, 2.05) is 18.2 Å². The van der Waals surface area contributed by atoms with Crippen molar-refractivity contribution < 1.29 is 8.42 Å². The quantitative estimate of drug-likeness (QED) is 0.860. The van der Waals surface area contributed by atoms with E-state index in [-0.39, 0.29) is 5.75 Å². The van der Waals surface area contributed by atoms with Crippen molar-refractivity contribution in [3.05, 3.63) is 59.7 Å². The normalized spacial score (nSPS) is 11.1. The molecule has 0 atom stereocenters. The Hall–Kier alpha value is -2.01. The Morgan fingerprint density at radius 2 is 1.67 bits per heavy atom. The molecule has 0 radical (unpaired) electrons. The third-order valence-electron chi connectivity index (χ3n) is 3.12. The van der Waals surface area contributed by atoms with E-state index in [0.29, 0.717) is 5.69 Å². The third-order valence-corrected chi connectivity index (χ3v) is 4.42. The number of sulfonamides is 1. The number of hydrogen-bond acceptors (Lipinski definition) is 3. The van der Waals surface area contributed by atoms with Crippen LogP contribution >= 0.6 is 0 Å². The molecule has 0 spiro atoms. The molecule has 2 aromatic carbocycles. The molecule has 0 bridgehead atoms. The molecule has 4 nitrogen and oxygen atoms in total. The number of aryl methyl sites for hydroxylation is 1. The van der Waals surface area contributed by atoms with Crippen LogP contribution in [-0.4, -0.2) is 14.2 Å². The standard InChI is InChI=1S/C16H20N2O2S/c1-3-21(19,20)18-16-9-7-15(8-10-16)17-12-14-6-4-5-13(2)11-14/h4-11,17-18H,3,12H2,1-2H3. The lowest BCUT2D eigenvalue weighted by atomic mass is 10.1. The Morgan fingerprint density at radius 3 is 2.29 bits per heavy atom. The van der Waals surface area contributed by atoms with E-state index in [1.165, 1.54) is 11.1 Å². The molecule has 0 fully saturated rings. The molecule has 5 heteroatoms. The van der Waals surface area contributed by atoms with Gasteiger partial charge in [-0.1, -0.05) is 29.8 Å². The van der Waals surface area contributed by atoms with Gasteiger partial charge in [0.2, 0.25) is 10.0 Å². The van der Waals surface area contributed by atoms with Gasteiger partial charge in [0, 0.05) is 17.9 Å². The lowest BCUT2D eigenvalue weighted by Gasteiger charge is -2.09. The molecule has 21 heavy (non-hydrogen) atoms. The van der Waals surface area contributed by atoms with Crippen LogP contribution < -0.4 is 10.0 Å². The SMILES string of the molecule is CCS(=O)(=O)Nc1ccc(NCc2cccc(C)c2)cc1. The number of anilines is 2. The second kappa shape index (κ2) is 6.63. The summed E-state index contributed by atoms with van der Waals surface area (Å²) in [5, 5.41) is 3.31. The zero-order valence-corrected chi connectivity index (χ0v) is 13.1. The first-order valence-electron chi connectivity index (χ1n) is 6.88. The molecule has 0 saturated heterocycles. The molecule has 2 N–H and O–H groups in total. The smallest absolute Gasteiger partial charge is 0.232 e. The van der Waals surface area contributed by atoms with Crippen molar-refractivity contribution in [2.45, 2.75) is 20.4 Å². The summed E-state index contributed by atoms with van der Waals surface area (Å²) in [7, 11) is -3.22. The summed E-state index contributed by atoms with van der Waals surface area (Å²) in [4.78, 5) is 0. The van der Waals surface area contributed by atoms with Crippen molar-refractivity contribution in [1.82, 2.24) is 0 Å². The molecule has 2 rings (SSSR count). The number of nitrogens with one attached hydrogen (secondary N) is 2. The highest BCUT2D eigenvalue weighted by molar-refractivity contribution is 7.92. The third kappa shape index (κ3) is 4.79. The lowest BCUT2D eigenvalue weighted by Crippen LogP contribution is -2.14. The Labute approximate surface area is 126 Å². The predicted molar refractivity (Wildman–Crippen MR) is 88.0 cm³/mol. The van der Waals surface area contributed by atoms with Crippen LogP contribution in [0.1, 0.15) is 18.1 Å². The first-order chi connectivity index (χ1) is 9.98. The van der Waals surface area contributed by atoms with Crippen LogP contribution in [0.2, 0.25) is 0 Å². The summed E-state index contributed by atoms with van der Waals surface area (Å²) in [5.41, 5.74) is 3.98. The summed E-state index contributed by atoms with van der Waals surface area (Å²) < 4.78 is 25.5. The molecule has 0 aliphatic heterocycles. The topological polar surface area (TPSA) is 58.2 Å². The maximum Gasteiger partial charge on any atom is 0.232 e. The van der Waals surface area contributed by atoms with Gasteiger partial charge in [0.15, 0.2) is 0 Å². The van der Waals surface area contributed by atoms with Crippen LogP contribution in [0.25, 0.3) is 0 Å². The molecule has 0 heterocycles. The average molecular weight is 304 g/mol. The molecule has 0 aliphatic carbocycles. The van der Waals surface area contributed by atoms with Gasteiger partial charge in [-0.2, -0.15) is 0 Å². The summed E-state index contributed by atoms with van der Waals surface area (Å²) in [6.45, 7) is 4.42. The van der Waals surface area contributed by atoms with Crippen molar-refractivity contribution in [1.29, 1.82) is 0 Å². The average Bonchev–Trinajstić information content (AvgIpc) is 2.46. The van der Waals surface area contributed by atoms with Crippen molar-refractivity contribution in [2.75, 3.05) is 15.8 Å². The van der Waals surface area contributed by atoms with E-state index in [9.17, 15) is 8.42 Å². The minimum Gasteiger partial charge on any atom is -0.381 e. The highest BCUT2D eigenvalue weighted by Gasteiger charge is 2.06. The zero-order valence-electron chi connectivity index (χ0n) is 12.3. The summed E-state index contributed by atoms with van der Waals surface area (Å²) in [6.07, 6.45) is 0. The van der Waals surface area contributed by atoms with E-state index >= 15 is 0 Å². The highest BCUT2D eigenvalue weighted by atomic mass is 32.2. The number of rotatable bonds is 6. The maximum atomic E-state index is 11.5. The van der Waals surface area contributed by atoms with Gasteiger partial charge in [-0.15, -0.1) is 0 Å². The van der Waals surface area contributed by atoms with E-state index in [4.69, 9.17) is 0 Å². The van der Waals surface area contributed by atoms with E-state index in [2.05, 4.69) is 35.2 Å². The fourth-order valence-electron chi connectivity index (χ4n) is 1.93. The Morgan fingerprint density at radius 1 is 1.00 bits per heavy atom. The molecular formula is C16H20N2O2S. The second-order valence-corrected chi connectivity index (χ2v) is 6.94. The second-order valence-electron chi connectivity index (χ2n) is 4.93. The highest BCUT2D eigenvalue weighted by Crippen LogP contribution is 2.16. The van der Waals surface area contributed by atoms with Gasteiger partial charge in [0.05, 0.1) is 5.75 Å². The van der Waals surface area contributed by atoms with Crippen molar-refractivity contribution in [3.8, 4) is 0 Å². The molecule has 2 aromatic rings. The van der Waals surface area contributed by atoms with E-state index in [0.717, 1.165) is 12.2 Å². The Balaban J connectivity index is 1.96. The largest absolute Gasteiger partial charge is 0.381 e. The monoisotopic (exact) mass is 304 g/mol. The number of benzene rings is 2. The van der Waals surface area contributed by atoms with Crippen molar-refractivity contribution >= 4 is 21.4 Å². The van der Waals surface area contributed by atoms with E-state index in [1.54, 1.807) is 19.1 Å². The first kappa shape index (κ1) is 15.4. The zero-order chi connectivity index (χ0) is 15.3. The van der Waals surface area contributed by atoms with Crippen LogP contribution in [0.3, 0.4) is 0 Å². The molecular weight excluding hydrogens is 284 g/mol. The van der Waals surface area contributed by atoms with Crippen LogP contribution in [0.5, 0.6) is 0 Å². The first-order valence-corrected chi connectivity index (χ1v) is 8.54. The molecule has 0 aromatic heterocycles. The summed E-state index contributed by atoms with van der Waals surface area (Å²) in [5.74, 6) is 0.0698. The van der Waals surface area contributed by atoms with Gasteiger partial charge < -0.3 is 5.32 Å². The predicted octanol–water partition coefficient (Wildman–Crippen LogP) is 3.37. The molecule has 112 valence electrons. The van der Waals surface area contributed by atoms with Crippen molar-refractivity contribution in [2.24, 2.45) is 0 Å². The molecule has 0 unspecified atom stereocenters. The molecule has 0 saturated carbocycles. The minimum atomic E-state index is -3.22. The van der Waals surface area contributed by atoms with Gasteiger partial charge in [-0.05, 0) is 43.7 Å². The fraction of sp³-hybridized carbons (Fsp3) is 0.250. The lowest BCUT2D eigenvalue weighted by molar-refractivity contribution is 0.602. The van der Waals surface area contributed by atoms with Gasteiger partial charge in [-0.3, -0.25) is 4.72 Å². The summed E-state index contributed by atoms with van der Waals surface area (Å²) >= 11 is 0. The van der Waals surface area contributed by atoms with Crippen LogP contribution in [0, 0.1) is 6.92 Å². The Kier molecular flexibility index (Phi) is 4.85.